The highest BCUT2D eigenvalue weighted by atomic mass is 16.5. The summed E-state index contributed by atoms with van der Waals surface area (Å²) in [7, 11) is 0. The highest BCUT2D eigenvalue weighted by Gasteiger charge is 2.13. The molecule has 2 rings (SSSR count). The van der Waals surface area contributed by atoms with Crippen LogP contribution in [0.4, 0.5) is 0 Å². The van der Waals surface area contributed by atoms with E-state index in [0.717, 1.165) is 12.8 Å². The van der Waals surface area contributed by atoms with E-state index in [-0.39, 0.29) is 11.7 Å². The number of ether oxygens (including phenoxy) is 1. The van der Waals surface area contributed by atoms with Gasteiger partial charge < -0.3 is 9.15 Å². The Balaban J connectivity index is 2.41. The average Bonchev–Trinajstić information content (AvgIpc) is 2.46. The summed E-state index contributed by atoms with van der Waals surface area (Å²) >= 11 is 0. The van der Waals surface area contributed by atoms with E-state index in [1.165, 1.54) is 6.07 Å². The van der Waals surface area contributed by atoms with E-state index in [4.69, 9.17) is 9.15 Å². The van der Waals surface area contributed by atoms with Gasteiger partial charge in [0.05, 0.1) is 0 Å². The summed E-state index contributed by atoms with van der Waals surface area (Å²) in [5.74, 6) is 3.26. The van der Waals surface area contributed by atoms with Gasteiger partial charge in [0.1, 0.15) is 11.5 Å². The van der Waals surface area contributed by atoms with E-state index in [0.29, 0.717) is 29.7 Å². The minimum absolute atomic E-state index is 0.0194. The molecule has 6 nitrogen and oxygen atoms in total. The van der Waals surface area contributed by atoms with Gasteiger partial charge in [0.15, 0.2) is 0 Å². The van der Waals surface area contributed by atoms with E-state index >= 15 is 0 Å². The van der Waals surface area contributed by atoms with Crippen molar-refractivity contribution < 1.29 is 9.15 Å². The quantitative estimate of drug-likeness (QED) is 0.857. The Kier molecular flexibility index (Phi) is 5.58. The minimum atomic E-state index is -0.527. The van der Waals surface area contributed by atoms with Gasteiger partial charge >= 0.3 is 11.6 Å². The van der Waals surface area contributed by atoms with Crippen LogP contribution in [-0.4, -0.2) is 9.97 Å². The fourth-order valence-corrected chi connectivity index (χ4v) is 2.23. The van der Waals surface area contributed by atoms with Crippen molar-refractivity contribution in [3.8, 4) is 18.0 Å². The number of aryl methyl sites for hydroxylation is 1. The van der Waals surface area contributed by atoms with Crippen LogP contribution in [-0.2, 0) is 6.42 Å². The van der Waals surface area contributed by atoms with Gasteiger partial charge in [0, 0.05) is 12.5 Å². The Morgan fingerprint density at radius 3 is 2.87 bits per heavy atom. The van der Waals surface area contributed by atoms with Gasteiger partial charge in [-0.2, -0.15) is 4.98 Å². The molecule has 23 heavy (non-hydrogen) atoms. The molecule has 6 heteroatoms. The second kappa shape index (κ2) is 7.63. The first-order chi connectivity index (χ1) is 11.0. The van der Waals surface area contributed by atoms with Gasteiger partial charge in [0.2, 0.25) is 5.71 Å². The van der Waals surface area contributed by atoms with Crippen LogP contribution in [0.2, 0.25) is 0 Å². The zero-order chi connectivity index (χ0) is 16.8. The summed E-state index contributed by atoms with van der Waals surface area (Å²) in [5, 5.41) is 0.296. The normalized spacial score (nSPS) is 10.6. The molecule has 2 heterocycles. The average molecular weight is 316 g/mol. The molecule has 0 aliphatic carbocycles. The molecule has 0 amide bonds. The molecule has 0 saturated heterocycles. The van der Waals surface area contributed by atoms with E-state index < -0.39 is 11.2 Å². The van der Waals surface area contributed by atoms with Crippen LogP contribution >= 0.6 is 0 Å². The predicted molar refractivity (Wildman–Crippen MR) is 87.4 cm³/mol. The molecule has 0 atom stereocenters. The van der Waals surface area contributed by atoms with Crippen molar-refractivity contribution >= 4 is 11.1 Å². The Morgan fingerprint density at radius 1 is 1.39 bits per heavy atom. The fourth-order valence-electron chi connectivity index (χ4n) is 2.23. The number of hydrogen-bond donors (Lipinski definition) is 1. The summed E-state index contributed by atoms with van der Waals surface area (Å²) < 4.78 is 10.1. The number of fused-ring (bicyclic) bond motifs is 1. The molecule has 0 saturated carbocycles. The van der Waals surface area contributed by atoms with Gasteiger partial charge in [-0.1, -0.05) is 33.1 Å². The Labute approximate surface area is 133 Å². The van der Waals surface area contributed by atoms with Crippen LogP contribution in [0.25, 0.3) is 11.1 Å². The van der Waals surface area contributed by atoms with Gasteiger partial charge in [-0.3, -0.25) is 9.78 Å². The second-order valence-corrected chi connectivity index (χ2v) is 5.66. The van der Waals surface area contributed by atoms with Crippen molar-refractivity contribution in [2.45, 2.75) is 46.5 Å². The minimum Gasteiger partial charge on any atom is -0.403 e. The van der Waals surface area contributed by atoms with Crippen LogP contribution in [0.15, 0.2) is 20.1 Å². The van der Waals surface area contributed by atoms with Crippen molar-refractivity contribution in [3.63, 3.8) is 0 Å². The van der Waals surface area contributed by atoms with Crippen molar-refractivity contribution in [1.82, 2.24) is 9.97 Å². The van der Waals surface area contributed by atoms with E-state index in [1.54, 1.807) is 0 Å². The molecule has 0 spiro atoms. The number of nitrogens with one attached hydrogen (secondary N) is 1. The molecule has 0 aromatic carbocycles. The summed E-state index contributed by atoms with van der Waals surface area (Å²) in [6, 6.07) is 1.28. The lowest BCUT2D eigenvalue weighted by Crippen LogP contribution is -2.14. The van der Waals surface area contributed by atoms with Crippen LogP contribution in [0.1, 0.15) is 45.6 Å². The van der Waals surface area contributed by atoms with E-state index in [1.807, 2.05) is 6.92 Å². The van der Waals surface area contributed by atoms with Gasteiger partial charge in [-0.15, -0.1) is 0 Å². The molecule has 1 N–H and O–H groups in total. The first-order valence-corrected chi connectivity index (χ1v) is 7.73. The Hall–Kier alpha value is -2.55. The molecule has 2 aromatic rings. The topological polar surface area (TPSA) is 85.2 Å². The summed E-state index contributed by atoms with van der Waals surface area (Å²) in [4.78, 5) is 30.5. The van der Waals surface area contributed by atoms with E-state index in [2.05, 4.69) is 35.8 Å². The Bertz CT molecular complexity index is 853. The number of aromatic amines is 1. The lowest BCUT2D eigenvalue weighted by atomic mass is 10.0. The monoisotopic (exact) mass is 316 g/mol. The van der Waals surface area contributed by atoms with Gasteiger partial charge in [-0.25, -0.2) is 4.79 Å². The lowest BCUT2D eigenvalue weighted by molar-refractivity contribution is 0.463. The fraction of sp³-hybridized carbons (Fsp3) is 0.471. The van der Waals surface area contributed by atoms with Crippen molar-refractivity contribution in [1.29, 1.82) is 0 Å². The van der Waals surface area contributed by atoms with Gasteiger partial charge in [-0.05, 0) is 24.3 Å². The molecule has 0 aliphatic rings. The number of hydrogen-bond acceptors (Lipinski definition) is 5. The predicted octanol–water partition coefficient (Wildman–Crippen LogP) is 2.60. The maximum Gasteiger partial charge on any atom is 0.337 e. The van der Waals surface area contributed by atoms with Crippen LogP contribution < -0.4 is 15.9 Å². The molecule has 2 aromatic heterocycles. The first kappa shape index (κ1) is 16.8. The lowest BCUT2D eigenvalue weighted by Gasteiger charge is -2.06. The summed E-state index contributed by atoms with van der Waals surface area (Å²) in [6.07, 6.45) is 5.56. The number of aromatic nitrogens is 2. The van der Waals surface area contributed by atoms with Crippen LogP contribution in [0, 0.1) is 17.9 Å². The van der Waals surface area contributed by atoms with Crippen molar-refractivity contribution in [2.75, 3.05) is 0 Å². The zero-order valence-corrected chi connectivity index (χ0v) is 13.6. The number of H-pyrrole nitrogens is 1. The standard InChI is InChI=1S/C17H20N2O4/c1-4-5-9-22-17-18-15(21)14-12(8-6-7-11(2)3)10-13(20)23-16(14)19-17/h10-11H,4,6-8H2,1-3H3,(H,18,19,21). The smallest absolute Gasteiger partial charge is 0.337 e. The maximum absolute atomic E-state index is 12.3. The highest BCUT2D eigenvalue weighted by Crippen LogP contribution is 2.16. The molecular formula is C17H20N2O4. The molecule has 0 unspecified atom stereocenters. The van der Waals surface area contributed by atoms with E-state index in [9.17, 15) is 9.59 Å². The van der Waals surface area contributed by atoms with Gasteiger partial charge in [0.25, 0.3) is 5.56 Å². The molecule has 0 aliphatic heterocycles. The number of nitrogens with zero attached hydrogens (tertiary/aromatic N) is 1. The summed E-state index contributed by atoms with van der Waals surface area (Å²) in [6.45, 7) is 6.13. The third-order valence-corrected chi connectivity index (χ3v) is 3.30. The maximum atomic E-state index is 12.3. The largest absolute Gasteiger partial charge is 0.403 e. The summed E-state index contributed by atoms with van der Waals surface area (Å²) in [5.41, 5.74) is -0.293. The highest BCUT2D eigenvalue weighted by molar-refractivity contribution is 5.75. The molecule has 0 fully saturated rings. The third-order valence-electron chi connectivity index (χ3n) is 3.30. The number of rotatable bonds is 5. The van der Waals surface area contributed by atoms with Crippen molar-refractivity contribution in [3.05, 3.63) is 32.4 Å². The second-order valence-electron chi connectivity index (χ2n) is 5.66. The molecular weight excluding hydrogens is 296 g/mol. The SMILES string of the molecule is CCC#COc1nc2oc(=O)cc(CCCC(C)C)c2c(=O)[nH]1. The molecule has 122 valence electrons. The van der Waals surface area contributed by atoms with Crippen LogP contribution in [0.3, 0.4) is 0 Å². The third kappa shape index (κ3) is 4.46. The van der Waals surface area contributed by atoms with Crippen molar-refractivity contribution in [2.24, 2.45) is 5.92 Å². The molecule has 0 bridgehead atoms. The zero-order valence-electron chi connectivity index (χ0n) is 13.6. The Morgan fingerprint density at radius 2 is 2.17 bits per heavy atom. The first-order valence-electron chi connectivity index (χ1n) is 7.73. The molecule has 0 radical (unpaired) electrons. The van der Waals surface area contributed by atoms with Crippen LogP contribution in [0.5, 0.6) is 6.01 Å².